The van der Waals surface area contributed by atoms with Crippen LogP contribution < -0.4 is 10.6 Å². The molecule has 1 aromatic heterocycles. The standard InChI is InChI=1S/C20H25N5O/c1-22-12-18(11-21)15-5-6-16-13-23-19(10-17(16)9-15)24-20(26)14-25-7-3-2-4-8-25/h5-6,9-13,21-22H,2-4,7-8,14H2,1H3,(H,23,24,26)/b18-12+,21-11?. The quantitative estimate of drug-likeness (QED) is 0.699. The Balaban J connectivity index is 1.75. The van der Waals surface area contributed by atoms with Crippen molar-refractivity contribution < 1.29 is 4.79 Å². The summed E-state index contributed by atoms with van der Waals surface area (Å²) in [5.74, 6) is 0.538. The molecule has 1 aromatic carbocycles. The average Bonchev–Trinajstić information content (AvgIpc) is 2.66. The van der Waals surface area contributed by atoms with Gasteiger partial charge in [-0.3, -0.25) is 9.69 Å². The van der Waals surface area contributed by atoms with Gasteiger partial charge in [0.25, 0.3) is 0 Å². The van der Waals surface area contributed by atoms with E-state index in [4.69, 9.17) is 5.41 Å². The lowest BCUT2D eigenvalue weighted by Crippen LogP contribution is -2.36. The summed E-state index contributed by atoms with van der Waals surface area (Å²) < 4.78 is 0. The Hall–Kier alpha value is -2.73. The van der Waals surface area contributed by atoms with Crippen LogP contribution in [0.2, 0.25) is 0 Å². The van der Waals surface area contributed by atoms with Gasteiger partial charge in [0, 0.05) is 36.6 Å². The third-order valence-electron chi connectivity index (χ3n) is 4.59. The number of nitrogens with one attached hydrogen (secondary N) is 3. The summed E-state index contributed by atoms with van der Waals surface area (Å²) in [7, 11) is 1.81. The van der Waals surface area contributed by atoms with Crippen molar-refractivity contribution in [1.82, 2.24) is 15.2 Å². The van der Waals surface area contributed by atoms with Gasteiger partial charge in [0.1, 0.15) is 5.82 Å². The lowest BCUT2D eigenvalue weighted by atomic mass is 10.0. The third kappa shape index (κ3) is 4.46. The summed E-state index contributed by atoms with van der Waals surface area (Å²) in [6, 6.07) is 7.83. The first-order valence-electron chi connectivity index (χ1n) is 9.00. The van der Waals surface area contributed by atoms with Gasteiger partial charge in [-0.2, -0.15) is 0 Å². The lowest BCUT2D eigenvalue weighted by Gasteiger charge is -2.25. The number of aromatic nitrogens is 1. The molecule has 0 spiro atoms. The highest BCUT2D eigenvalue weighted by atomic mass is 16.2. The van der Waals surface area contributed by atoms with Gasteiger partial charge in [0.05, 0.1) is 6.54 Å². The number of carbonyl (C=O) groups excluding carboxylic acids is 1. The van der Waals surface area contributed by atoms with E-state index >= 15 is 0 Å². The highest BCUT2D eigenvalue weighted by molar-refractivity contribution is 6.09. The molecule has 2 aromatic rings. The first kappa shape index (κ1) is 18.1. The van der Waals surface area contributed by atoms with Crippen LogP contribution in [0.3, 0.4) is 0 Å². The molecular formula is C20H25N5O. The van der Waals surface area contributed by atoms with E-state index in [1.54, 1.807) is 12.4 Å². The molecule has 0 saturated carbocycles. The van der Waals surface area contributed by atoms with Crippen LogP contribution in [0.4, 0.5) is 5.82 Å². The van der Waals surface area contributed by atoms with E-state index in [-0.39, 0.29) is 5.91 Å². The molecule has 26 heavy (non-hydrogen) atoms. The summed E-state index contributed by atoms with van der Waals surface area (Å²) in [5, 5.41) is 15.4. The Morgan fingerprint density at radius 1 is 1.23 bits per heavy atom. The summed E-state index contributed by atoms with van der Waals surface area (Å²) in [6.45, 7) is 2.40. The topological polar surface area (TPSA) is 81.1 Å². The molecule has 6 nitrogen and oxygen atoms in total. The number of benzene rings is 1. The fourth-order valence-corrected chi connectivity index (χ4v) is 3.26. The zero-order valence-electron chi connectivity index (χ0n) is 15.1. The van der Waals surface area contributed by atoms with Gasteiger partial charge in [-0.1, -0.05) is 18.6 Å². The summed E-state index contributed by atoms with van der Waals surface area (Å²) in [5.41, 5.74) is 1.74. The molecule has 0 radical (unpaired) electrons. The second-order valence-corrected chi connectivity index (χ2v) is 6.55. The maximum atomic E-state index is 12.3. The zero-order valence-corrected chi connectivity index (χ0v) is 15.1. The van der Waals surface area contributed by atoms with Gasteiger partial charge in [-0.05, 0) is 49.0 Å². The minimum atomic E-state index is -0.0230. The number of pyridine rings is 1. The van der Waals surface area contributed by atoms with Gasteiger partial charge < -0.3 is 16.0 Å². The number of allylic oxidation sites excluding steroid dienone is 1. The van der Waals surface area contributed by atoms with Crippen molar-refractivity contribution in [2.45, 2.75) is 19.3 Å². The van der Waals surface area contributed by atoms with E-state index in [1.807, 2.05) is 31.3 Å². The Kier molecular flexibility index (Phi) is 5.96. The molecule has 3 N–H and O–H groups in total. The van der Waals surface area contributed by atoms with Crippen LogP contribution in [-0.2, 0) is 4.79 Å². The molecule has 1 fully saturated rings. The summed E-state index contributed by atoms with van der Waals surface area (Å²) in [4.78, 5) is 18.8. The molecule has 1 amide bonds. The van der Waals surface area contributed by atoms with Crippen molar-refractivity contribution >= 4 is 34.3 Å². The van der Waals surface area contributed by atoms with E-state index < -0.39 is 0 Å². The molecule has 0 bridgehead atoms. The first-order valence-corrected chi connectivity index (χ1v) is 9.00. The Bertz CT molecular complexity index is 824. The van der Waals surface area contributed by atoms with Gasteiger partial charge in [-0.25, -0.2) is 4.98 Å². The molecule has 136 valence electrons. The van der Waals surface area contributed by atoms with E-state index in [1.165, 1.54) is 25.5 Å². The fourth-order valence-electron chi connectivity index (χ4n) is 3.26. The molecule has 0 unspecified atom stereocenters. The smallest absolute Gasteiger partial charge is 0.239 e. The number of fused-ring (bicyclic) bond motifs is 1. The van der Waals surface area contributed by atoms with E-state index in [0.717, 1.165) is 35.0 Å². The third-order valence-corrected chi connectivity index (χ3v) is 4.59. The van der Waals surface area contributed by atoms with Crippen molar-refractivity contribution in [1.29, 1.82) is 5.41 Å². The second-order valence-electron chi connectivity index (χ2n) is 6.55. The molecule has 0 atom stereocenters. The predicted molar refractivity (Wildman–Crippen MR) is 106 cm³/mol. The molecule has 1 aliphatic rings. The Morgan fingerprint density at radius 3 is 2.77 bits per heavy atom. The number of carbonyl (C=O) groups is 1. The average molecular weight is 351 g/mol. The number of amides is 1. The Labute approximate surface area is 153 Å². The van der Waals surface area contributed by atoms with Gasteiger partial charge in [0.15, 0.2) is 0 Å². The van der Waals surface area contributed by atoms with Crippen LogP contribution >= 0.6 is 0 Å². The van der Waals surface area contributed by atoms with E-state index in [9.17, 15) is 4.79 Å². The van der Waals surface area contributed by atoms with Crippen LogP contribution in [0.25, 0.3) is 16.3 Å². The van der Waals surface area contributed by atoms with Gasteiger partial charge in [-0.15, -0.1) is 0 Å². The van der Waals surface area contributed by atoms with Crippen LogP contribution in [0, 0.1) is 5.41 Å². The highest BCUT2D eigenvalue weighted by Crippen LogP contribution is 2.22. The van der Waals surface area contributed by atoms with Crippen LogP contribution in [0.15, 0.2) is 36.7 Å². The Morgan fingerprint density at radius 2 is 2.04 bits per heavy atom. The zero-order chi connectivity index (χ0) is 18.4. The maximum Gasteiger partial charge on any atom is 0.239 e. The van der Waals surface area contributed by atoms with E-state index in [2.05, 4.69) is 20.5 Å². The molecular weight excluding hydrogens is 326 g/mol. The van der Waals surface area contributed by atoms with E-state index in [0.29, 0.717) is 12.4 Å². The van der Waals surface area contributed by atoms with Gasteiger partial charge in [0.2, 0.25) is 5.91 Å². The number of nitrogens with zero attached hydrogens (tertiary/aromatic N) is 2. The molecule has 6 heteroatoms. The number of rotatable bonds is 6. The monoisotopic (exact) mass is 351 g/mol. The first-order chi connectivity index (χ1) is 12.7. The van der Waals surface area contributed by atoms with Gasteiger partial charge >= 0.3 is 0 Å². The molecule has 3 rings (SSSR count). The second kappa shape index (κ2) is 8.58. The highest BCUT2D eigenvalue weighted by Gasteiger charge is 2.14. The molecule has 2 heterocycles. The van der Waals surface area contributed by atoms with Crippen LogP contribution in [-0.4, -0.2) is 48.7 Å². The van der Waals surface area contributed by atoms with Crippen molar-refractivity contribution in [3.63, 3.8) is 0 Å². The van der Waals surface area contributed by atoms with Crippen molar-refractivity contribution in [3.05, 3.63) is 42.2 Å². The maximum absolute atomic E-state index is 12.3. The molecule has 1 aliphatic heterocycles. The predicted octanol–water partition coefficient (Wildman–Crippen LogP) is 2.87. The normalized spacial score (nSPS) is 15.7. The summed E-state index contributed by atoms with van der Waals surface area (Å²) in [6.07, 6.45) is 8.46. The minimum Gasteiger partial charge on any atom is -0.393 e. The largest absolute Gasteiger partial charge is 0.393 e. The summed E-state index contributed by atoms with van der Waals surface area (Å²) >= 11 is 0. The van der Waals surface area contributed by atoms with Crippen molar-refractivity contribution in [2.24, 2.45) is 0 Å². The molecule has 1 saturated heterocycles. The minimum absolute atomic E-state index is 0.0230. The number of likely N-dealkylation sites (tertiary alicyclic amines) is 1. The molecule has 0 aliphatic carbocycles. The SMILES string of the molecule is CN/C=C(\C=N)c1ccc2cnc(NC(=O)CN3CCCCC3)cc2c1. The number of hydrogen-bond acceptors (Lipinski definition) is 5. The van der Waals surface area contributed by atoms with Crippen LogP contribution in [0.5, 0.6) is 0 Å². The fraction of sp³-hybridized carbons (Fsp3) is 0.350. The number of hydrogen-bond donors (Lipinski definition) is 3. The number of anilines is 1. The van der Waals surface area contributed by atoms with Crippen molar-refractivity contribution in [2.75, 3.05) is 32.0 Å². The lowest BCUT2D eigenvalue weighted by molar-refractivity contribution is -0.117. The van der Waals surface area contributed by atoms with Crippen molar-refractivity contribution in [3.8, 4) is 0 Å². The van der Waals surface area contributed by atoms with Crippen LogP contribution in [0.1, 0.15) is 24.8 Å². The number of piperidine rings is 1.